The zero-order valence-electron chi connectivity index (χ0n) is 8.72. The van der Waals surface area contributed by atoms with Gasteiger partial charge >= 0.3 is 0 Å². The van der Waals surface area contributed by atoms with E-state index >= 15 is 0 Å². The first kappa shape index (κ1) is 22.5. The molecule has 0 aliphatic carbocycles. The Hall–Kier alpha value is -0.850. The van der Waals surface area contributed by atoms with Gasteiger partial charge in [-0.15, -0.1) is 13.2 Å². The van der Waals surface area contributed by atoms with Gasteiger partial charge in [0.25, 0.3) is 0 Å². The predicted molar refractivity (Wildman–Crippen MR) is 58.3 cm³/mol. The van der Waals surface area contributed by atoms with E-state index in [0.717, 1.165) is 0 Å². The van der Waals surface area contributed by atoms with Crippen LogP contribution in [0, 0.1) is 0 Å². The minimum absolute atomic E-state index is 1.64. The molecule has 1 heteroatoms. The van der Waals surface area contributed by atoms with Crippen LogP contribution in [0.3, 0.4) is 0 Å². The summed E-state index contributed by atoms with van der Waals surface area (Å²) >= 11 is 0. The summed E-state index contributed by atoms with van der Waals surface area (Å²) in [6.45, 7) is 19.1. The van der Waals surface area contributed by atoms with Crippen molar-refractivity contribution < 1.29 is 0 Å². The zero-order chi connectivity index (χ0) is 10.1. The molecule has 0 bridgehead atoms. The second-order valence-electron chi connectivity index (χ2n) is 0.665. The highest BCUT2D eigenvalue weighted by Crippen LogP contribution is 1.63. The summed E-state index contributed by atoms with van der Waals surface area (Å²) in [5, 5.41) is 0. The van der Waals surface area contributed by atoms with Crippen molar-refractivity contribution in [3.63, 3.8) is 0 Å². The lowest BCUT2D eigenvalue weighted by molar-refractivity contribution is 1.50. The van der Waals surface area contributed by atoms with E-state index < -0.39 is 0 Å². The van der Waals surface area contributed by atoms with Crippen LogP contribution >= 0.6 is 0 Å². The Balaban J connectivity index is -0.0000000350. The number of nitrogens with zero attached hydrogens (tertiary/aromatic N) is 1. The molecule has 0 radical (unpaired) electrons. The number of hydrogen-bond acceptors (Lipinski definition) is 1. The van der Waals surface area contributed by atoms with Crippen LogP contribution in [0.25, 0.3) is 0 Å². The molecular formula is C10H23N. The molecule has 0 N–H and O–H groups in total. The largest absolute Gasteiger partial charge is 0.273 e. The monoisotopic (exact) mass is 157 g/mol. The van der Waals surface area contributed by atoms with Crippen molar-refractivity contribution in [2.24, 2.45) is 4.99 Å². The van der Waals surface area contributed by atoms with Crippen molar-refractivity contribution in [3.8, 4) is 0 Å². The number of hydrogen-bond donors (Lipinski definition) is 0. The summed E-state index contributed by atoms with van der Waals surface area (Å²) < 4.78 is 0. The Morgan fingerprint density at radius 3 is 1.27 bits per heavy atom. The molecule has 0 heterocycles. The zero-order valence-corrected chi connectivity index (χ0v) is 8.72. The molecule has 0 fully saturated rings. The highest BCUT2D eigenvalue weighted by Gasteiger charge is 1.41. The average molecular weight is 157 g/mol. The molecule has 0 amide bonds. The van der Waals surface area contributed by atoms with Gasteiger partial charge in [-0.2, -0.15) is 0 Å². The molecule has 0 rings (SSSR count). The molecule has 0 aromatic rings. The fraction of sp³-hybridized carbons (Fsp3) is 0.500. The first-order valence-electron chi connectivity index (χ1n) is 3.99. The summed E-state index contributed by atoms with van der Waals surface area (Å²) in [5.74, 6) is 0. The molecule has 11 heavy (non-hydrogen) atoms. The lowest BCUT2D eigenvalue weighted by Gasteiger charge is -1.58. The third kappa shape index (κ3) is 354. The lowest BCUT2D eigenvalue weighted by atomic mass is 10.7. The first-order chi connectivity index (χ1) is 5.41. The Morgan fingerprint density at radius 1 is 1.00 bits per heavy atom. The standard InChI is InChI=1S/C4H7N.2C2H6.C2H4/c1-3-4-5-2;3*1-2/h3-4H,2H2,1H3;2*1-2H3;1-2H2/b4-3-;;;. The minimum atomic E-state index is 1.64. The van der Waals surface area contributed by atoms with Crippen LogP contribution in [-0.4, -0.2) is 6.72 Å². The molecule has 0 saturated heterocycles. The van der Waals surface area contributed by atoms with Gasteiger partial charge in [-0.05, 0) is 13.6 Å². The molecule has 0 aliphatic rings. The fourth-order valence-corrected chi connectivity index (χ4v) is 0.105. The van der Waals surface area contributed by atoms with E-state index in [1.165, 1.54) is 0 Å². The Kier molecular flexibility index (Phi) is 269. The van der Waals surface area contributed by atoms with Gasteiger partial charge in [0, 0.05) is 6.20 Å². The van der Waals surface area contributed by atoms with Gasteiger partial charge < -0.3 is 0 Å². The van der Waals surface area contributed by atoms with E-state index in [9.17, 15) is 0 Å². The molecular weight excluding hydrogens is 134 g/mol. The van der Waals surface area contributed by atoms with Gasteiger partial charge in [0.05, 0.1) is 0 Å². The van der Waals surface area contributed by atoms with Crippen LogP contribution < -0.4 is 0 Å². The second kappa shape index (κ2) is 131. The molecule has 0 unspecified atom stereocenters. The maximum atomic E-state index is 3.42. The van der Waals surface area contributed by atoms with Gasteiger partial charge in [-0.1, -0.05) is 33.8 Å². The summed E-state index contributed by atoms with van der Waals surface area (Å²) in [6, 6.07) is 0. The van der Waals surface area contributed by atoms with Crippen LogP contribution in [0.15, 0.2) is 30.4 Å². The third-order valence-electron chi connectivity index (χ3n) is 0.254. The molecule has 0 spiro atoms. The van der Waals surface area contributed by atoms with Gasteiger partial charge in [0.15, 0.2) is 0 Å². The van der Waals surface area contributed by atoms with E-state index in [1.807, 2.05) is 40.7 Å². The van der Waals surface area contributed by atoms with Crippen molar-refractivity contribution in [2.45, 2.75) is 34.6 Å². The Labute approximate surface area is 72.6 Å². The van der Waals surface area contributed by atoms with Crippen molar-refractivity contribution in [1.29, 1.82) is 0 Å². The van der Waals surface area contributed by atoms with Crippen molar-refractivity contribution in [2.75, 3.05) is 0 Å². The summed E-state index contributed by atoms with van der Waals surface area (Å²) in [6.07, 6.45) is 3.47. The number of allylic oxidation sites excluding steroid dienone is 1. The maximum absolute atomic E-state index is 3.42. The first-order valence-corrected chi connectivity index (χ1v) is 3.99. The van der Waals surface area contributed by atoms with Crippen LogP contribution in [0.1, 0.15) is 34.6 Å². The average Bonchev–Trinajstić information content (AvgIpc) is 2.16. The summed E-state index contributed by atoms with van der Waals surface area (Å²) in [7, 11) is 0. The fourth-order valence-electron chi connectivity index (χ4n) is 0.105. The summed E-state index contributed by atoms with van der Waals surface area (Å²) in [4.78, 5) is 3.42. The van der Waals surface area contributed by atoms with Crippen LogP contribution in [-0.2, 0) is 0 Å². The van der Waals surface area contributed by atoms with Gasteiger partial charge in [-0.3, -0.25) is 4.99 Å². The Bertz CT molecular complexity index is 55.9. The van der Waals surface area contributed by atoms with E-state index in [-0.39, 0.29) is 0 Å². The molecule has 1 nitrogen and oxygen atoms in total. The molecule has 0 aromatic heterocycles. The molecule has 0 atom stereocenters. The molecule has 0 aliphatic heterocycles. The van der Waals surface area contributed by atoms with Crippen LogP contribution in [0.5, 0.6) is 0 Å². The maximum Gasteiger partial charge on any atom is 0.0217 e. The van der Waals surface area contributed by atoms with E-state index in [1.54, 1.807) is 6.20 Å². The van der Waals surface area contributed by atoms with Crippen molar-refractivity contribution in [3.05, 3.63) is 25.4 Å². The Morgan fingerprint density at radius 2 is 1.27 bits per heavy atom. The normalized spacial score (nSPS) is 5.55. The molecule has 68 valence electrons. The third-order valence-corrected chi connectivity index (χ3v) is 0.254. The molecule has 0 saturated carbocycles. The van der Waals surface area contributed by atoms with Crippen molar-refractivity contribution in [1.82, 2.24) is 0 Å². The second-order valence-corrected chi connectivity index (χ2v) is 0.665. The van der Waals surface area contributed by atoms with Gasteiger partial charge in [0.1, 0.15) is 0 Å². The lowest BCUT2D eigenvalue weighted by Crippen LogP contribution is -1.36. The van der Waals surface area contributed by atoms with E-state index in [2.05, 4.69) is 24.9 Å². The quantitative estimate of drug-likeness (QED) is 0.402. The smallest absolute Gasteiger partial charge is 0.0217 e. The topological polar surface area (TPSA) is 12.4 Å². The van der Waals surface area contributed by atoms with E-state index in [0.29, 0.717) is 0 Å². The molecule has 0 aromatic carbocycles. The highest BCUT2D eigenvalue weighted by molar-refractivity contribution is 5.25. The minimum Gasteiger partial charge on any atom is -0.273 e. The predicted octanol–water partition coefficient (Wildman–Crippen LogP) is 4.08. The SMILES string of the molecule is C=C.C=N/C=C\C.CC.CC. The van der Waals surface area contributed by atoms with E-state index in [4.69, 9.17) is 0 Å². The van der Waals surface area contributed by atoms with Gasteiger partial charge in [0.2, 0.25) is 0 Å². The van der Waals surface area contributed by atoms with Crippen molar-refractivity contribution >= 4 is 6.72 Å². The number of aliphatic imine (C=N–C) groups is 1. The van der Waals surface area contributed by atoms with Crippen LogP contribution in [0.4, 0.5) is 0 Å². The summed E-state index contributed by atoms with van der Waals surface area (Å²) in [5.41, 5.74) is 0. The van der Waals surface area contributed by atoms with Crippen LogP contribution in [0.2, 0.25) is 0 Å². The number of rotatable bonds is 1. The highest BCUT2D eigenvalue weighted by atomic mass is 14.6. The van der Waals surface area contributed by atoms with Gasteiger partial charge in [-0.25, -0.2) is 0 Å².